The highest BCUT2D eigenvalue weighted by atomic mass is 35.5. The highest BCUT2D eigenvalue weighted by molar-refractivity contribution is 6.30. The number of carbonyl (C=O) groups is 1. The molecule has 0 aromatic heterocycles. The van der Waals surface area contributed by atoms with Crippen LogP contribution in [0.25, 0.3) is 0 Å². The Balaban J connectivity index is 1.56. The van der Waals surface area contributed by atoms with Crippen LogP contribution in [-0.2, 0) is 11.3 Å². The van der Waals surface area contributed by atoms with Gasteiger partial charge in [-0.05, 0) is 37.1 Å². The first-order chi connectivity index (χ1) is 12.2. The van der Waals surface area contributed by atoms with Gasteiger partial charge in [-0.15, -0.1) is 0 Å². The van der Waals surface area contributed by atoms with E-state index in [1.807, 2.05) is 55.5 Å². The summed E-state index contributed by atoms with van der Waals surface area (Å²) in [5, 5.41) is 3.67. The zero-order chi connectivity index (χ0) is 17.6. The third-order valence-electron chi connectivity index (χ3n) is 4.20. The number of nitrogens with one attached hydrogen (secondary N) is 3. The summed E-state index contributed by atoms with van der Waals surface area (Å²) < 4.78 is 5.59. The molecule has 1 saturated heterocycles. The van der Waals surface area contributed by atoms with Crippen molar-refractivity contribution in [3.05, 3.63) is 64.7 Å². The van der Waals surface area contributed by atoms with Crippen molar-refractivity contribution in [2.75, 3.05) is 6.61 Å². The summed E-state index contributed by atoms with van der Waals surface area (Å²) in [6, 6.07) is 15.2. The second-order valence-corrected chi connectivity index (χ2v) is 6.38. The molecule has 2 atom stereocenters. The quantitative estimate of drug-likeness (QED) is 0.742. The van der Waals surface area contributed by atoms with Crippen LogP contribution in [0.15, 0.2) is 48.5 Å². The SMILES string of the molecule is CCOc1ccccc1CNC(=O)C1CC(c2cccc(Cl)c2)NN1. The Morgan fingerprint density at radius 2 is 2.08 bits per heavy atom. The second kappa shape index (κ2) is 8.34. The van der Waals surface area contributed by atoms with E-state index in [0.29, 0.717) is 24.6 Å². The lowest BCUT2D eigenvalue weighted by atomic mass is 10.0. The summed E-state index contributed by atoms with van der Waals surface area (Å²) in [6.45, 7) is 2.98. The Morgan fingerprint density at radius 1 is 1.24 bits per heavy atom. The number of hydrogen-bond donors (Lipinski definition) is 3. The third kappa shape index (κ3) is 4.51. The monoisotopic (exact) mass is 359 g/mol. The van der Waals surface area contributed by atoms with E-state index in [9.17, 15) is 4.79 Å². The maximum atomic E-state index is 12.5. The summed E-state index contributed by atoms with van der Waals surface area (Å²) >= 11 is 6.04. The molecule has 3 N–H and O–H groups in total. The Kier molecular flexibility index (Phi) is 5.91. The normalized spacial score (nSPS) is 19.6. The van der Waals surface area contributed by atoms with E-state index in [2.05, 4.69) is 16.2 Å². The van der Waals surface area contributed by atoms with E-state index in [0.717, 1.165) is 16.9 Å². The van der Waals surface area contributed by atoms with Crippen molar-refractivity contribution in [1.82, 2.24) is 16.2 Å². The minimum atomic E-state index is -0.289. The first-order valence-electron chi connectivity index (χ1n) is 8.42. The molecular formula is C19H22ClN3O2. The zero-order valence-electron chi connectivity index (χ0n) is 14.1. The molecule has 6 heteroatoms. The molecule has 0 radical (unpaired) electrons. The van der Waals surface area contributed by atoms with Crippen LogP contribution in [0.1, 0.15) is 30.5 Å². The van der Waals surface area contributed by atoms with Crippen LogP contribution < -0.4 is 20.9 Å². The van der Waals surface area contributed by atoms with Crippen molar-refractivity contribution in [3.63, 3.8) is 0 Å². The highest BCUT2D eigenvalue weighted by Crippen LogP contribution is 2.24. The molecule has 2 unspecified atom stereocenters. The molecule has 0 spiro atoms. The van der Waals surface area contributed by atoms with E-state index in [4.69, 9.17) is 16.3 Å². The van der Waals surface area contributed by atoms with Crippen molar-refractivity contribution >= 4 is 17.5 Å². The predicted molar refractivity (Wildman–Crippen MR) is 98.3 cm³/mol. The van der Waals surface area contributed by atoms with Crippen LogP contribution >= 0.6 is 11.6 Å². The minimum absolute atomic E-state index is 0.0386. The Labute approximate surface area is 152 Å². The lowest BCUT2D eigenvalue weighted by Gasteiger charge is -2.13. The molecule has 3 rings (SSSR count). The van der Waals surface area contributed by atoms with Crippen LogP contribution in [0.4, 0.5) is 0 Å². The van der Waals surface area contributed by atoms with Crippen LogP contribution in [-0.4, -0.2) is 18.6 Å². The number of rotatable bonds is 6. The molecule has 1 amide bonds. The summed E-state index contributed by atoms with van der Waals surface area (Å²) in [5.41, 5.74) is 8.27. The summed E-state index contributed by atoms with van der Waals surface area (Å²) in [6.07, 6.45) is 0.666. The Hall–Kier alpha value is -2.08. The molecule has 1 fully saturated rings. The summed E-state index contributed by atoms with van der Waals surface area (Å²) in [7, 11) is 0. The van der Waals surface area contributed by atoms with Gasteiger partial charge in [-0.3, -0.25) is 4.79 Å². The van der Waals surface area contributed by atoms with Crippen LogP contribution in [0.3, 0.4) is 0 Å². The number of hydrogen-bond acceptors (Lipinski definition) is 4. The predicted octanol–water partition coefficient (Wildman–Crippen LogP) is 2.96. The average Bonchev–Trinajstić information content (AvgIpc) is 3.11. The smallest absolute Gasteiger partial charge is 0.238 e. The van der Waals surface area contributed by atoms with E-state index < -0.39 is 0 Å². The number of benzene rings is 2. The van der Waals surface area contributed by atoms with Crippen LogP contribution in [0.5, 0.6) is 5.75 Å². The van der Waals surface area contributed by atoms with Crippen LogP contribution in [0, 0.1) is 0 Å². The van der Waals surface area contributed by atoms with Gasteiger partial charge >= 0.3 is 0 Å². The van der Waals surface area contributed by atoms with Gasteiger partial charge in [0.15, 0.2) is 0 Å². The Morgan fingerprint density at radius 3 is 2.88 bits per heavy atom. The molecule has 1 heterocycles. The van der Waals surface area contributed by atoms with E-state index >= 15 is 0 Å². The number of carbonyl (C=O) groups excluding carboxylic acids is 1. The van der Waals surface area contributed by atoms with Gasteiger partial charge in [-0.2, -0.15) is 0 Å². The number of amides is 1. The number of halogens is 1. The fraction of sp³-hybridized carbons (Fsp3) is 0.316. The highest BCUT2D eigenvalue weighted by Gasteiger charge is 2.30. The first kappa shape index (κ1) is 17.7. The van der Waals surface area contributed by atoms with E-state index in [1.54, 1.807) is 0 Å². The molecule has 5 nitrogen and oxygen atoms in total. The van der Waals surface area contributed by atoms with Gasteiger partial charge in [0.2, 0.25) is 5.91 Å². The fourth-order valence-electron chi connectivity index (χ4n) is 2.92. The van der Waals surface area contributed by atoms with E-state index in [1.165, 1.54) is 0 Å². The maximum absolute atomic E-state index is 12.5. The largest absolute Gasteiger partial charge is 0.494 e. The maximum Gasteiger partial charge on any atom is 0.238 e. The molecule has 132 valence electrons. The molecule has 2 aromatic carbocycles. The molecule has 1 aliphatic heterocycles. The lowest BCUT2D eigenvalue weighted by molar-refractivity contribution is -0.123. The molecule has 25 heavy (non-hydrogen) atoms. The molecule has 0 saturated carbocycles. The van der Waals surface area contributed by atoms with Crippen LogP contribution in [0.2, 0.25) is 5.02 Å². The second-order valence-electron chi connectivity index (χ2n) is 5.94. The minimum Gasteiger partial charge on any atom is -0.494 e. The topological polar surface area (TPSA) is 62.4 Å². The lowest BCUT2D eigenvalue weighted by Crippen LogP contribution is -2.42. The average molecular weight is 360 g/mol. The van der Waals surface area contributed by atoms with Gasteiger partial charge in [0.1, 0.15) is 11.8 Å². The standard InChI is InChI=1S/C19H22ClN3O2/c1-2-25-18-9-4-3-6-14(18)12-21-19(24)17-11-16(22-23-17)13-7-5-8-15(20)10-13/h3-10,16-17,22-23H,2,11-12H2,1H3,(H,21,24). The number of ether oxygens (including phenoxy) is 1. The molecular weight excluding hydrogens is 338 g/mol. The van der Waals surface area contributed by atoms with Gasteiger partial charge in [0, 0.05) is 23.2 Å². The zero-order valence-corrected chi connectivity index (χ0v) is 14.8. The van der Waals surface area contributed by atoms with Gasteiger partial charge < -0.3 is 10.1 Å². The van der Waals surface area contributed by atoms with Crippen molar-refractivity contribution in [2.45, 2.75) is 32.0 Å². The fourth-order valence-corrected chi connectivity index (χ4v) is 3.12. The molecule has 1 aliphatic rings. The van der Waals surface area contributed by atoms with E-state index in [-0.39, 0.29) is 18.0 Å². The van der Waals surface area contributed by atoms with Gasteiger partial charge in [0.25, 0.3) is 0 Å². The van der Waals surface area contributed by atoms with Gasteiger partial charge in [0.05, 0.1) is 6.61 Å². The summed E-state index contributed by atoms with van der Waals surface area (Å²) in [5.74, 6) is 0.767. The first-order valence-corrected chi connectivity index (χ1v) is 8.80. The molecule has 0 bridgehead atoms. The van der Waals surface area contributed by atoms with Crippen molar-refractivity contribution < 1.29 is 9.53 Å². The number of para-hydroxylation sites is 1. The number of hydrazine groups is 1. The van der Waals surface area contributed by atoms with Gasteiger partial charge in [-0.1, -0.05) is 41.9 Å². The van der Waals surface area contributed by atoms with Gasteiger partial charge in [-0.25, -0.2) is 10.9 Å². The van der Waals surface area contributed by atoms with Crippen molar-refractivity contribution in [1.29, 1.82) is 0 Å². The molecule has 2 aromatic rings. The summed E-state index contributed by atoms with van der Waals surface area (Å²) in [4.78, 5) is 12.5. The van der Waals surface area contributed by atoms with Crippen molar-refractivity contribution in [3.8, 4) is 5.75 Å². The third-order valence-corrected chi connectivity index (χ3v) is 4.43. The van der Waals surface area contributed by atoms with Crippen molar-refractivity contribution in [2.24, 2.45) is 0 Å². The molecule has 0 aliphatic carbocycles. The Bertz CT molecular complexity index is 738.